The summed E-state index contributed by atoms with van der Waals surface area (Å²) in [5.41, 5.74) is 1.73. The van der Waals surface area contributed by atoms with Gasteiger partial charge in [0.2, 0.25) is 0 Å². The molecule has 0 aliphatic heterocycles. The molecule has 33 heavy (non-hydrogen) atoms. The molecule has 0 radical (unpaired) electrons. The molecule has 0 amide bonds. The Morgan fingerprint density at radius 1 is 1.12 bits per heavy atom. The number of hydrogen-bond acceptors (Lipinski definition) is 6. The molecular weight excluding hydrogens is 418 g/mol. The van der Waals surface area contributed by atoms with E-state index in [1.165, 1.54) is 7.11 Å². The third-order valence-corrected chi connectivity index (χ3v) is 4.89. The SMILES string of the molecule is C#CCC(C=O)CC(C)C.C#CCC(CC(C)C)C(=O)OCc1cnc(C)c(O)c1COC. The van der Waals surface area contributed by atoms with E-state index in [2.05, 4.69) is 30.7 Å². The number of aromatic nitrogens is 1. The van der Waals surface area contributed by atoms with Crippen LogP contribution in [0.4, 0.5) is 0 Å². The first-order chi connectivity index (χ1) is 15.6. The summed E-state index contributed by atoms with van der Waals surface area (Å²) < 4.78 is 10.5. The van der Waals surface area contributed by atoms with Crippen molar-refractivity contribution in [1.29, 1.82) is 0 Å². The highest BCUT2D eigenvalue weighted by Crippen LogP contribution is 2.26. The number of terminal acetylenes is 2. The fourth-order valence-electron chi connectivity index (χ4n) is 3.30. The van der Waals surface area contributed by atoms with Gasteiger partial charge in [-0.05, 0) is 31.6 Å². The number of nitrogens with zero attached hydrogens (tertiary/aromatic N) is 1. The molecule has 6 nitrogen and oxygen atoms in total. The lowest BCUT2D eigenvalue weighted by atomic mass is 9.94. The number of carbonyl (C=O) groups is 2. The highest BCUT2D eigenvalue weighted by atomic mass is 16.5. The average Bonchev–Trinajstić information content (AvgIpc) is 2.75. The van der Waals surface area contributed by atoms with Crippen LogP contribution in [-0.2, 0) is 32.3 Å². The van der Waals surface area contributed by atoms with Crippen LogP contribution < -0.4 is 0 Å². The van der Waals surface area contributed by atoms with Gasteiger partial charge >= 0.3 is 5.97 Å². The summed E-state index contributed by atoms with van der Waals surface area (Å²) in [6.45, 7) is 10.2. The zero-order chi connectivity index (χ0) is 25.4. The van der Waals surface area contributed by atoms with Crippen LogP contribution in [0.2, 0.25) is 0 Å². The third kappa shape index (κ3) is 12.1. The van der Waals surface area contributed by atoms with Gasteiger partial charge in [0.25, 0.3) is 0 Å². The van der Waals surface area contributed by atoms with Crippen molar-refractivity contribution in [3.63, 3.8) is 0 Å². The van der Waals surface area contributed by atoms with Crippen LogP contribution in [0.5, 0.6) is 5.75 Å². The van der Waals surface area contributed by atoms with Gasteiger partial charge in [0.15, 0.2) is 0 Å². The second kappa shape index (κ2) is 16.8. The third-order valence-electron chi connectivity index (χ3n) is 4.89. The van der Waals surface area contributed by atoms with Gasteiger partial charge < -0.3 is 19.4 Å². The maximum absolute atomic E-state index is 12.2. The van der Waals surface area contributed by atoms with Crippen LogP contribution in [0, 0.1) is 55.3 Å². The minimum absolute atomic E-state index is 0.0392. The summed E-state index contributed by atoms with van der Waals surface area (Å²) >= 11 is 0. The van der Waals surface area contributed by atoms with Crippen LogP contribution >= 0.6 is 0 Å². The maximum Gasteiger partial charge on any atom is 0.310 e. The molecule has 0 saturated carbocycles. The van der Waals surface area contributed by atoms with E-state index in [1.54, 1.807) is 13.1 Å². The fraction of sp³-hybridized carbons (Fsp3) is 0.593. The molecule has 1 rings (SSSR count). The molecule has 0 aromatic carbocycles. The van der Waals surface area contributed by atoms with Crippen molar-refractivity contribution >= 4 is 12.3 Å². The Kier molecular flexibility index (Phi) is 15.3. The van der Waals surface area contributed by atoms with Crippen molar-refractivity contribution < 1.29 is 24.2 Å². The zero-order valence-corrected chi connectivity index (χ0v) is 20.9. The Balaban J connectivity index is 0.000000861. The number of aldehydes is 1. The molecule has 6 heteroatoms. The predicted molar refractivity (Wildman–Crippen MR) is 130 cm³/mol. The monoisotopic (exact) mass is 457 g/mol. The number of aryl methyl sites for hydroxylation is 1. The lowest BCUT2D eigenvalue weighted by Gasteiger charge is -2.17. The van der Waals surface area contributed by atoms with Gasteiger partial charge in [-0.15, -0.1) is 24.7 Å². The minimum atomic E-state index is -0.319. The van der Waals surface area contributed by atoms with Gasteiger partial charge in [-0.25, -0.2) is 0 Å². The Bertz CT molecular complexity index is 817. The van der Waals surface area contributed by atoms with E-state index in [4.69, 9.17) is 22.3 Å². The maximum atomic E-state index is 12.2. The number of aromatic hydroxyl groups is 1. The lowest BCUT2D eigenvalue weighted by Crippen LogP contribution is -2.19. The highest BCUT2D eigenvalue weighted by Gasteiger charge is 2.21. The first kappa shape index (κ1) is 30.2. The van der Waals surface area contributed by atoms with E-state index < -0.39 is 0 Å². The van der Waals surface area contributed by atoms with Crippen LogP contribution in [0.25, 0.3) is 0 Å². The van der Waals surface area contributed by atoms with Gasteiger partial charge in [0.1, 0.15) is 18.6 Å². The van der Waals surface area contributed by atoms with E-state index in [1.807, 2.05) is 13.8 Å². The van der Waals surface area contributed by atoms with Gasteiger partial charge in [0.05, 0.1) is 18.2 Å². The molecule has 1 N–H and O–H groups in total. The average molecular weight is 458 g/mol. The Labute approximate surface area is 199 Å². The van der Waals surface area contributed by atoms with E-state index in [0.29, 0.717) is 47.9 Å². The van der Waals surface area contributed by atoms with Crippen molar-refractivity contribution in [2.45, 2.75) is 73.5 Å². The Morgan fingerprint density at radius 3 is 2.21 bits per heavy atom. The summed E-state index contributed by atoms with van der Waals surface area (Å²) in [5, 5.41) is 10.1. The molecule has 0 fully saturated rings. The molecule has 2 atom stereocenters. The summed E-state index contributed by atoms with van der Waals surface area (Å²) in [7, 11) is 1.54. The topological polar surface area (TPSA) is 85.7 Å². The molecule has 1 heterocycles. The first-order valence-electron chi connectivity index (χ1n) is 11.2. The number of methoxy groups -OCH3 is 1. The summed E-state index contributed by atoms with van der Waals surface area (Å²) in [5.74, 6) is 5.45. The lowest BCUT2D eigenvalue weighted by molar-refractivity contribution is -0.150. The second-order valence-electron chi connectivity index (χ2n) is 8.91. The van der Waals surface area contributed by atoms with Gasteiger partial charge in [-0.1, -0.05) is 27.7 Å². The molecule has 0 saturated heterocycles. The number of rotatable bonds is 12. The van der Waals surface area contributed by atoms with Crippen molar-refractivity contribution in [1.82, 2.24) is 4.98 Å². The summed E-state index contributed by atoms with van der Waals surface area (Å²) in [6.07, 6.45) is 15.5. The predicted octanol–water partition coefficient (Wildman–Crippen LogP) is 4.84. The molecule has 1 aromatic heterocycles. The van der Waals surface area contributed by atoms with Crippen LogP contribution in [-0.4, -0.2) is 29.5 Å². The van der Waals surface area contributed by atoms with Crippen molar-refractivity contribution in [2.24, 2.45) is 23.7 Å². The zero-order valence-electron chi connectivity index (χ0n) is 20.9. The summed E-state index contributed by atoms with van der Waals surface area (Å²) in [4.78, 5) is 26.7. The number of pyridine rings is 1. The number of esters is 1. The first-order valence-corrected chi connectivity index (χ1v) is 11.2. The van der Waals surface area contributed by atoms with E-state index in [9.17, 15) is 14.7 Å². The van der Waals surface area contributed by atoms with E-state index >= 15 is 0 Å². The normalized spacial score (nSPS) is 12.2. The van der Waals surface area contributed by atoms with Crippen molar-refractivity contribution in [3.8, 4) is 30.4 Å². The molecule has 0 aliphatic carbocycles. The van der Waals surface area contributed by atoms with Crippen LogP contribution in [0.1, 0.15) is 70.2 Å². The number of carbonyl (C=O) groups excluding carboxylic acids is 2. The smallest absolute Gasteiger partial charge is 0.310 e. The number of hydrogen-bond donors (Lipinski definition) is 1. The molecular formula is C27H39NO5. The molecule has 182 valence electrons. The van der Waals surface area contributed by atoms with Crippen LogP contribution in [0.15, 0.2) is 6.20 Å². The number of ether oxygens (including phenoxy) is 2. The Morgan fingerprint density at radius 2 is 1.73 bits per heavy atom. The van der Waals surface area contributed by atoms with Gasteiger partial charge in [-0.3, -0.25) is 9.78 Å². The molecule has 0 aliphatic rings. The Hall–Kier alpha value is -2.83. The van der Waals surface area contributed by atoms with Crippen molar-refractivity contribution in [2.75, 3.05) is 7.11 Å². The molecule has 0 bridgehead atoms. The van der Waals surface area contributed by atoms with E-state index in [0.717, 1.165) is 12.7 Å². The molecule has 1 aromatic rings. The standard InChI is InChI=1S/C18H25NO4.C9H14O/c1-6-7-14(8-12(2)3)18(21)23-10-15-9-19-13(4)17(20)16(15)11-22-5;1-4-5-9(7-10)6-8(2)3/h1,9,12,14,20H,7-8,10-11H2,2-5H3;1,7-9H,5-6H2,2-3H3. The molecule has 0 spiro atoms. The molecule has 2 unspecified atom stereocenters. The fourth-order valence-corrected chi connectivity index (χ4v) is 3.30. The largest absolute Gasteiger partial charge is 0.506 e. The van der Waals surface area contributed by atoms with Crippen LogP contribution in [0.3, 0.4) is 0 Å². The van der Waals surface area contributed by atoms with Crippen molar-refractivity contribution in [3.05, 3.63) is 23.0 Å². The second-order valence-corrected chi connectivity index (χ2v) is 8.91. The quantitative estimate of drug-likeness (QED) is 0.275. The van der Waals surface area contributed by atoms with E-state index in [-0.39, 0.29) is 36.8 Å². The summed E-state index contributed by atoms with van der Waals surface area (Å²) in [6, 6.07) is 0. The highest BCUT2D eigenvalue weighted by molar-refractivity contribution is 5.72. The van der Waals surface area contributed by atoms with Gasteiger partial charge in [-0.2, -0.15) is 0 Å². The van der Waals surface area contributed by atoms with Gasteiger partial charge in [0, 0.05) is 43.2 Å². The minimum Gasteiger partial charge on any atom is -0.506 e.